The quantitative estimate of drug-likeness (QED) is 0.830. The normalized spacial score (nSPS) is 18.9. The van der Waals surface area contributed by atoms with Crippen LogP contribution in [0.1, 0.15) is 26.2 Å². The molecule has 1 unspecified atom stereocenters. The summed E-state index contributed by atoms with van der Waals surface area (Å²) >= 11 is 0. The number of ether oxygens (including phenoxy) is 1. The molecule has 18 heavy (non-hydrogen) atoms. The van der Waals surface area contributed by atoms with Crippen molar-refractivity contribution < 1.29 is 9.53 Å². The number of hydrogen-bond donors (Lipinski definition) is 1. The number of carbonyl (C=O) groups excluding carboxylic acids is 1. The largest absolute Gasteiger partial charge is 0.493 e. The fraction of sp³-hybridized carbons (Fsp3) is 0.500. The first-order valence-corrected chi connectivity index (χ1v) is 6.44. The van der Waals surface area contributed by atoms with E-state index in [0.717, 1.165) is 25.1 Å². The molecule has 0 spiro atoms. The zero-order valence-corrected chi connectivity index (χ0v) is 10.8. The van der Waals surface area contributed by atoms with E-state index in [4.69, 9.17) is 10.5 Å². The summed E-state index contributed by atoms with van der Waals surface area (Å²) in [7, 11) is 0. The SMILES string of the molecule is CC1CCCN1C(=O)CCOc1cccc(N)c1. The summed E-state index contributed by atoms with van der Waals surface area (Å²) < 4.78 is 5.52. The van der Waals surface area contributed by atoms with Gasteiger partial charge in [0, 0.05) is 24.3 Å². The maximum absolute atomic E-state index is 11.9. The van der Waals surface area contributed by atoms with Crippen LogP contribution in [0.25, 0.3) is 0 Å². The average molecular weight is 248 g/mol. The van der Waals surface area contributed by atoms with Gasteiger partial charge in [-0.25, -0.2) is 0 Å². The fourth-order valence-electron chi connectivity index (χ4n) is 2.31. The van der Waals surface area contributed by atoms with E-state index in [1.165, 1.54) is 0 Å². The molecule has 1 aromatic rings. The van der Waals surface area contributed by atoms with Gasteiger partial charge in [-0.05, 0) is 31.9 Å². The van der Waals surface area contributed by atoms with Crippen molar-refractivity contribution in [1.82, 2.24) is 4.90 Å². The van der Waals surface area contributed by atoms with Crippen molar-refractivity contribution in [3.8, 4) is 5.75 Å². The van der Waals surface area contributed by atoms with Crippen LogP contribution in [0.5, 0.6) is 5.75 Å². The zero-order chi connectivity index (χ0) is 13.0. The van der Waals surface area contributed by atoms with Crippen molar-refractivity contribution in [3.63, 3.8) is 0 Å². The van der Waals surface area contributed by atoms with Gasteiger partial charge in [0.1, 0.15) is 5.75 Å². The van der Waals surface area contributed by atoms with Crippen LogP contribution < -0.4 is 10.5 Å². The second kappa shape index (κ2) is 5.76. The molecule has 1 aromatic carbocycles. The highest BCUT2D eigenvalue weighted by atomic mass is 16.5. The molecule has 1 atom stereocenters. The van der Waals surface area contributed by atoms with Crippen molar-refractivity contribution in [2.75, 3.05) is 18.9 Å². The van der Waals surface area contributed by atoms with Crippen LogP contribution in [0.2, 0.25) is 0 Å². The first-order chi connectivity index (χ1) is 8.66. The minimum atomic E-state index is 0.184. The van der Waals surface area contributed by atoms with Gasteiger partial charge in [-0.2, -0.15) is 0 Å². The van der Waals surface area contributed by atoms with E-state index >= 15 is 0 Å². The molecule has 1 heterocycles. The molecule has 1 aliphatic rings. The topological polar surface area (TPSA) is 55.6 Å². The lowest BCUT2D eigenvalue weighted by molar-refractivity contribution is -0.132. The van der Waals surface area contributed by atoms with Crippen molar-refractivity contribution >= 4 is 11.6 Å². The van der Waals surface area contributed by atoms with E-state index in [2.05, 4.69) is 6.92 Å². The molecule has 0 radical (unpaired) electrons. The minimum Gasteiger partial charge on any atom is -0.493 e. The second-order valence-electron chi connectivity index (χ2n) is 4.75. The Bertz CT molecular complexity index is 420. The third-order valence-corrected chi connectivity index (χ3v) is 3.32. The van der Waals surface area contributed by atoms with Gasteiger partial charge in [-0.15, -0.1) is 0 Å². The molecule has 1 aliphatic heterocycles. The number of nitrogen functional groups attached to an aromatic ring is 1. The predicted molar refractivity (Wildman–Crippen MR) is 71.4 cm³/mol. The summed E-state index contributed by atoms with van der Waals surface area (Å²) in [6, 6.07) is 7.64. The molecular formula is C14H20N2O2. The summed E-state index contributed by atoms with van der Waals surface area (Å²) in [5, 5.41) is 0. The maximum Gasteiger partial charge on any atom is 0.226 e. The Morgan fingerprint density at radius 1 is 1.56 bits per heavy atom. The lowest BCUT2D eigenvalue weighted by Gasteiger charge is -2.21. The third-order valence-electron chi connectivity index (χ3n) is 3.32. The van der Waals surface area contributed by atoms with E-state index < -0.39 is 0 Å². The van der Waals surface area contributed by atoms with Gasteiger partial charge in [0.25, 0.3) is 0 Å². The predicted octanol–water partition coefficient (Wildman–Crippen LogP) is 2.05. The molecule has 2 N–H and O–H groups in total. The van der Waals surface area contributed by atoms with E-state index in [0.29, 0.717) is 24.8 Å². The van der Waals surface area contributed by atoms with Crippen LogP contribution in [0.4, 0.5) is 5.69 Å². The van der Waals surface area contributed by atoms with Crippen LogP contribution >= 0.6 is 0 Å². The van der Waals surface area contributed by atoms with E-state index in [-0.39, 0.29) is 5.91 Å². The smallest absolute Gasteiger partial charge is 0.226 e. The van der Waals surface area contributed by atoms with Gasteiger partial charge in [-0.3, -0.25) is 4.79 Å². The van der Waals surface area contributed by atoms with Crippen molar-refractivity contribution in [2.24, 2.45) is 0 Å². The van der Waals surface area contributed by atoms with Crippen LogP contribution in [0, 0.1) is 0 Å². The summed E-state index contributed by atoms with van der Waals surface area (Å²) in [6.45, 7) is 3.40. The molecule has 4 heteroatoms. The van der Waals surface area contributed by atoms with Crippen molar-refractivity contribution in [1.29, 1.82) is 0 Å². The van der Waals surface area contributed by atoms with E-state index in [1.54, 1.807) is 6.07 Å². The lowest BCUT2D eigenvalue weighted by Crippen LogP contribution is -2.34. The minimum absolute atomic E-state index is 0.184. The number of nitrogens with zero attached hydrogens (tertiary/aromatic N) is 1. The molecule has 0 saturated carbocycles. The second-order valence-corrected chi connectivity index (χ2v) is 4.75. The number of hydrogen-bond acceptors (Lipinski definition) is 3. The highest BCUT2D eigenvalue weighted by Crippen LogP contribution is 2.18. The molecule has 1 fully saturated rings. The van der Waals surface area contributed by atoms with Crippen molar-refractivity contribution in [2.45, 2.75) is 32.2 Å². The zero-order valence-electron chi connectivity index (χ0n) is 10.8. The first-order valence-electron chi connectivity index (χ1n) is 6.44. The number of amides is 1. The fourth-order valence-corrected chi connectivity index (χ4v) is 2.31. The Hall–Kier alpha value is -1.71. The number of nitrogens with two attached hydrogens (primary N) is 1. The first kappa shape index (κ1) is 12.7. The van der Waals surface area contributed by atoms with Crippen LogP contribution in [-0.4, -0.2) is 30.0 Å². The Balaban J connectivity index is 1.77. The standard InChI is InChI=1S/C14H20N2O2/c1-11-4-3-8-16(11)14(17)7-9-18-13-6-2-5-12(15)10-13/h2,5-6,10-11H,3-4,7-9,15H2,1H3. The third kappa shape index (κ3) is 3.15. The molecule has 0 aromatic heterocycles. The summed E-state index contributed by atoms with van der Waals surface area (Å²) in [5.74, 6) is 0.904. The maximum atomic E-state index is 11.9. The number of rotatable bonds is 4. The molecule has 4 nitrogen and oxygen atoms in total. The number of likely N-dealkylation sites (tertiary alicyclic amines) is 1. The number of anilines is 1. The molecule has 2 rings (SSSR count). The molecule has 0 bridgehead atoms. The lowest BCUT2D eigenvalue weighted by atomic mass is 10.2. The van der Waals surface area contributed by atoms with Crippen LogP contribution in [-0.2, 0) is 4.79 Å². The molecule has 0 aliphatic carbocycles. The van der Waals surface area contributed by atoms with Crippen molar-refractivity contribution in [3.05, 3.63) is 24.3 Å². The van der Waals surface area contributed by atoms with Gasteiger partial charge in [-0.1, -0.05) is 6.07 Å². The Kier molecular flexibility index (Phi) is 4.07. The Morgan fingerprint density at radius 2 is 2.39 bits per heavy atom. The average Bonchev–Trinajstić information content (AvgIpc) is 2.75. The molecule has 1 amide bonds. The molecule has 1 saturated heterocycles. The van der Waals surface area contributed by atoms with Crippen LogP contribution in [0.3, 0.4) is 0 Å². The molecular weight excluding hydrogens is 228 g/mol. The van der Waals surface area contributed by atoms with Gasteiger partial charge < -0.3 is 15.4 Å². The number of carbonyl (C=O) groups is 1. The molecule has 98 valence electrons. The highest BCUT2D eigenvalue weighted by molar-refractivity contribution is 5.76. The summed E-state index contributed by atoms with van der Waals surface area (Å²) in [5.41, 5.74) is 6.33. The highest BCUT2D eigenvalue weighted by Gasteiger charge is 2.24. The van der Waals surface area contributed by atoms with E-state index in [9.17, 15) is 4.79 Å². The van der Waals surface area contributed by atoms with E-state index in [1.807, 2.05) is 23.1 Å². The summed E-state index contributed by atoms with van der Waals surface area (Å²) in [4.78, 5) is 13.9. The number of benzene rings is 1. The van der Waals surface area contributed by atoms with Gasteiger partial charge in [0.05, 0.1) is 13.0 Å². The van der Waals surface area contributed by atoms with Gasteiger partial charge >= 0.3 is 0 Å². The Morgan fingerprint density at radius 3 is 3.06 bits per heavy atom. The summed E-state index contributed by atoms with van der Waals surface area (Å²) in [6.07, 6.45) is 2.66. The van der Waals surface area contributed by atoms with Crippen LogP contribution in [0.15, 0.2) is 24.3 Å². The monoisotopic (exact) mass is 248 g/mol. The van der Waals surface area contributed by atoms with Gasteiger partial charge in [0.2, 0.25) is 5.91 Å². The van der Waals surface area contributed by atoms with Gasteiger partial charge in [0.15, 0.2) is 0 Å². The Labute approximate surface area is 108 Å².